The van der Waals surface area contributed by atoms with Crippen LogP contribution in [0.25, 0.3) is 22.6 Å². The molecule has 31 heavy (non-hydrogen) atoms. The Hall–Kier alpha value is -3.75. The zero-order valence-corrected chi connectivity index (χ0v) is 17.9. The van der Waals surface area contributed by atoms with Gasteiger partial charge >= 0.3 is 0 Å². The van der Waals surface area contributed by atoms with Gasteiger partial charge in [-0.15, -0.1) is 0 Å². The summed E-state index contributed by atoms with van der Waals surface area (Å²) in [6.07, 6.45) is 3.54. The van der Waals surface area contributed by atoms with Crippen molar-refractivity contribution >= 4 is 5.91 Å². The second-order valence-electron chi connectivity index (χ2n) is 7.68. The minimum Gasteiger partial charge on any atom is -0.360 e. The van der Waals surface area contributed by atoms with Crippen molar-refractivity contribution < 1.29 is 13.8 Å². The Morgan fingerprint density at radius 3 is 2.58 bits per heavy atom. The van der Waals surface area contributed by atoms with Crippen LogP contribution >= 0.6 is 0 Å². The maximum Gasteiger partial charge on any atom is 0.273 e. The Bertz CT molecular complexity index is 1190. The first-order chi connectivity index (χ1) is 14.9. The molecular weight excluding hydrogens is 396 g/mol. The number of hydrogen-bond donors (Lipinski definition) is 1. The van der Waals surface area contributed by atoms with Crippen molar-refractivity contribution in [1.82, 2.24) is 30.4 Å². The third-order valence-electron chi connectivity index (χ3n) is 4.86. The molecule has 0 fully saturated rings. The number of amides is 1. The highest BCUT2D eigenvalue weighted by Gasteiger charge is 2.19. The van der Waals surface area contributed by atoms with Gasteiger partial charge in [-0.1, -0.05) is 24.2 Å². The zero-order valence-electron chi connectivity index (χ0n) is 17.9. The molecule has 0 aliphatic rings. The molecule has 0 unspecified atom stereocenters. The van der Waals surface area contributed by atoms with Gasteiger partial charge in [-0.05, 0) is 26.0 Å². The van der Waals surface area contributed by atoms with E-state index in [0.29, 0.717) is 24.6 Å². The molecule has 1 N–H and O–H groups in total. The summed E-state index contributed by atoms with van der Waals surface area (Å²) in [4.78, 5) is 16.8. The van der Waals surface area contributed by atoms with E-state index in [4.69, 9.17) is 9.05 Å². The smallest absolute Gasteiger partial charge is 0.273 e. The van der Waals surface area contributed by atoms with Crippen molar-refractivity contribution in [3.63, 3.8) is 0 Å². The van der Waals surface area contributed by atoms with E-state index in [0.717, 1.165) is 28.2 Å². The normalized spacial score (nSPS) is 11.3. The summed E-state index contributed by atoms with van der Waals surface area (Å²) in [6, 6.07) is 7.47. The number of hydrogen-bond acceptors (Lipinski definition) is 7. The highest BCUT2D eigenvalue weighted by atomic mass is 16.5. The highest BCUT2D eigenvalue weighted by molar-refractivity contribution is 5.92. The van der Waals surface area contributed by atoms with E-state index in [1.165, 1.54) is 0 Å². The zero-order chi connectivity index (χ0) is 22.0. The third-order valence-corrected chi connectivity index (χ3v) is 4.86. The Balaban J connectivity index is 1.54. The first-order valence-electron chi connectivity index (χ1n) is 10.1. The Morgan fingerprint density at radius 2 is 1.94 bits per heavy atom. The summed E-state index contributed by atoms with van der Waals surface area (Å²) in [5, 5.41) is 15.2. The molecule has 0 aliphatic heterocycles. The lowest BCUT2D eigenvalue weighted by molar-refractivity contribution is 0.0942. The molecule has 0 radical (unpaired) electrons. The SMILES string of the molecule is Cc1ccc(-c2c(-c3cc(C)no3)cnn2CCNC(=O)c2cc(C(C)C)on2)cn1. The number of rotatable bonds is 7. The van der Waals surface area contributed by atoms with Crippen molar-refractivity contribution in [2.75, 3.05) is 6.54 Å². The van der Waals surface area contributed by atoms with Crippen LogP contribution in [0.4, 0.5) is 0 Å². The Morgan fingerprint density at radius 1 is 1.10 bits per heavy atom. The maximum absolute atomic E-state index is 12.4. The second-order valence-corrected chi connectivity index (χ2v) is 7.68. The first-order valence-corrected chi connectivity index (χ1v) is 10.1. The molecule has 1 amide bonds. The van der Waals surface area contributed by atoms with Crippen molar-refractivity contribution in [2.45, 2.75) is 40.2 Å². The van der Waals surface area contributed by atoms with Crippen LogP contribution in [0.15, 0.2) is 45.7 Å². The second kappa shape index (κ2) is 8.55. The fraction of sp³-hybridized carbons (Fsp3) is 0.318. The van der Waals surface area contributed by atoms with E-state index in [1.54, 1.807) is 18.5 Å². The van der Waals surface area contributed by atoms with Crippen molar-refractivity contribution in [1.29, 1.82) is 0 Å². The van der Waals surface area contributed by atoms with Crippen LogP contribution in [-0.4, -0.2) is 37.5 Å². The van der Waals surface area contributed by atoms with Gasteiger partial charge in [0.25, 0.3) is 5.91 Å². The van der Waals surface area contributed by atoms with E-state index in [1.807, 2.05) is 50.6 Å². The van der Waals surface area contributed by atoms with Crippen LogP contribution in [-0.2, 0) is 6.54 Å². The predicted octanol–water partition coefficient (Wildman–Crippen LogP) is 3.76. The fourth-order valence-electron chi connectivity index (χ4n) is 3.17. The summed E-state index contributed by atoms with van der Waals surface area (Å²) in [5.74, 6) is 1.19. The summed E-state index contributed by atoms with van der Waals surface area (Å²) < 4.78 is 12.5. The molecule has 0 atom stereocenters. The quantitative estimate of drug-likeness (QED) is 0.484. The molecule has 0 saturated carbocycles. The lowest BCUT2D eigenvalue weighted by atomic mass is 10.1. The molecule has 0 aliphatic carbocycles. The van der Waals surface area contributed by atoms with Crippen LogP contribution < -0.4 is 5.32 Å². The molecule has 160 valence electrons. The molecule has 9 heteroatoms. The van der Waals surface area contributed by atoms with Gasteiger partial charge in [0.1, 0.15) is 5.76 Å². The van der Waals surface area contributed by atoms with Crippen LogP contribution in [0.3, 0.4) is 0 Å². The molecule has 0 spiro atoms. The van der Waals surface area contributed by atoms with E-state index in [9.17, 15) is 4.79 Å². The molecule has 4 heterocycles. The predicted molar refractivity (Wildman–Crippen MR) is 113 cm³/mol. The van der Waals surface area contributed by atoms with Crippen LogP contribution in [0.1, 0.15) is 47.4 Å². The van der Waals surface area contributed by atoms with Gasteiger partial charge < -0.3 is 14.4 Å². The number of aryl methyl sites for hydroxylation is 2. The van der Waals surface area contributed by atoms with Gasteiger partial charge in [-0.25, -0.2) is 0 Å². The summed E-state index contributed by atoms with van der Waals surface area (Å²) in [7, 11) is 0. The lowest BCUT2D eigenvalue weighted by Gasteiger charge is -2.10. The van der Waals surface area contributed by atoms with Gasteiger partial charge in [0, 0.05) is 42.0 Å². The number of nitrogens with one attached hydrogen (secondary N) is 1. The average Bonchev–Trinajstić information content (AvgIpc) is 3.48. The van der Waals surface area contributed by atoms with Gasteiger partial charge in [-0.2, -0.15) is 5.10 Å². The largest absolute Gasteiger partial charge is 0.360 e. The maximum atomic E-state index is 12.4. The molecule has 0 bridgehead atoms. The summed E-state index contributed by atoms with van der Waals surface area (Å²) >= 11 is 0. The minimum atomic E-state index is -0.285. The van der Waals surface area contributed by atoms with Crippen LogP contribution in [0.5, 0.6) is 0 Å². The van der Waals surface area contributed by atoms with Gasteiger partial charge in [0.2, 0.25) is 0 Å². The van der Waals surface area contributed by atoms with E-state index >= 15 is 0 Å². The molecule has 4 aromatic rings. The lowest BCUT2D eigenvalue weighted by Crippen LogP contribution is -2.28. The third kappa shape index (κ3) is 4.40. The summed E-state index contributed by atoms with van der Waals surface area (Å²) in [5.41, 5.74) is 4.54. The topological polar surface area (TPSA) is 112 Å². The minimum absolute atomic E-state index is 0.168. The monoisotopic (exact) mass is 420 g/mol. The summed E-state index contributed by atoms with van der Waals surface area (Å²) in [6.45, 7) is 8.59. The molecule has 0 saturated heterocycles. The number of carbonyl (C=O) groups excluding carboxylic acids is 1. The highest BCUT2D eigenvalue weighted by Crippen LogP contribution is 2.32. The Kier molecular flexibility index (Phi) is 5.66. The number of nitrogens with zero attached hydrogens (tertiary/aromatic N) is 5. The van der Waals surface area contributed by atoms with Gasteiger partial charge in [0.05, 0.1) is 29.7 Å². The van der Waals surface area contributed by atoms with Crippen LogP contribution in [0.2, 0.25) is 0 Å². The number of pyridine rings is 1. The van der Waals surface area contributed by atoms with Crippen molar-refractivity contribution in [3.8, 4) is 22.6 Å². The van der Waals surface area contributed by atoms with Crippen molar-refractivity contribution in [3.05, 3.63) is 59.5 Å². The van der Waals surface area contributed by atoms with E-state index in [2.05, 4.69) is 25.7 Å². The standard InChI is InChI=1S/C22H24N6O3/c1-13(2)19-10-18(27-30-19)22(29)23-7-8-28-21(16-6-5-14(3)24-11-16)17(12-25-28)20-9-15(4)26-31-20/h5-6,9-13H,7-8H2,1-4H3,(H,23,29). The van der Waals surface area contributed by atoms with E-state index in [-0.39, 0.29) is 17.5 Å². The van der Waals surface area contributed by atoms with Crippen molar-refractivity contribution in [2.24, 2.45) is 0 Å². The average molecular weight is 420 g/mol. The number of carbonyl (C=O) groups is 1. The number of aromatic nitrogens is 5. The molecule has 4 rings (SSSR count). The van der Waals surface area contributed by atoms with E-state index < -0.39 is 0 Å². The first kappa shape index (κ1) is 20.5. The van der Waals surface area contributed by atoms with Gasteiger partial charge in [0.15, 0.2) is 11.5 Å². The van der Waals surface area contributed by atoms with Gasteiger partial charge in [-0.3, -0.25) is 14.5 Å². The molecule has 0 aromatic carbocycles. The molecule has 4 aromatic heterocycles. The molecule has 9 nitrogen and oxygen atoms in total. The molecular formula is C22H24N6O3. The Labute approximate surface area is 179 Å². The van der Waals surface area contributed by atoms with Crippen LogP contribution in [0, 0.1) is 13.8 Å². The fourth-order valence-corrected chi connectivity index (χ4v) is 3.17.